The second kappa shape index (κ2) is 12.2. The molecule has 0 aromatic rings. The van der Waals surface area contributed by atoms with Crippen LogP contribution < -0.4 is 0 Å². The van der Waals surface area contributed by atoms with Crippen molar-refractivity contribution in [1.82, 2.24) is 0 Å². The van der Waals surface area contributed by atoms with E-state index in [-0.39, 0.29) is 11.0 Å². The average Bonchev–Trinajstić information content (AvgIpc) is 2.42. The number of hydrogen-bond acceptors (Lipinski definition) is 6. The lowest BCUT2D eigenvalue weighted by Crippen LogP contribution is -2.40. The van der Waals surface area contributed by atoms with Crippen molar-refractivity contribution in [2.45, 2.75) is 6.55 Å². The zero-order valence-electron chi connectivity index (χ0n) is 11.7. The van der Waals surface area contributed by atoms with E-state index in [2.05, 4.69) is 6.58 Å². The van der Waals surface area contributed by atoms with Gasteiger partial charge in [-0.15, -0.1) is 0 Å². The molecular formula is C9H28O6Si3. The molecule has 0 atom stereocenters. The van der Waals surface area contributed by atoms with Gasteiger partial charge in [-0.25, -0.2) is 0 Å². The van der Waals surface area contributed by atoms with Crippen molar-refractivity contribution in [3.8, 4) is 0 Å². The summed E-state index contributed by atoms with van der Waals surface area (Å²) in [4.78, 5) is 0. The molecule has 0 aromatic heterocycles. The molecule has 0 aliphatic heterocycles. The van der Waals surface area contributed by atoms with Gasteiger partial charge in [0.05, 0.1) is 0 Å². The van der Waals surface area contributed by atoms with Crippen LogP contribution in [0.25, 0.3) is 0 Å². The van der Waals surface area contributed by atoms with Gasteiger partial charge < -0.3 is 26.6 Å². The van der Waals surface area contributed by atoms with Gasteiger partial charge >= 0.3 is 17.6 Å². The van der Waals surface area contributed by atoms with E-state index in [1.165, 1.54) is 0 Å². The summed E-state index contributed by atoms with van der Waals surface area (Å²) >= 11 is 0. The summed E-state index contributed by atoms with van der Waals surface area (Å²) in [6, 6.07) is 0. The van der Waals surface area contributed by atoms with Gasteiger partial charge in [0.1, 0.15) is 0 Å². The summed E-state index contributed by atoms with van der Waals surface area (Å²) in [5.41, 5.74) is 1.58. The van der Waals surface area contributed by atoms with Crippen LogP contribution in [0.1, 0.15) is 0 Å². The molecule has 112 valence electrons. The highest BCUT2D eigenvalue weighted by Gasteiger charge is 2.33. The smallest absolute Gasteiger partial charge is 0.377 e. The van der Waals surface area contributed by atoms with Gasteiger partial charge in [0.25, 0.3) is 0 Å². The Morgan fingerprint density at radius 2 is 1.00 bits per heavy atom. The topological polar surface area (TPSA) is 55.4 Å². The normalized spacial score (nSPS) is 11.1. The van der Waals surface area contributed by atoms with Gasteiger partial charge in [-0.05, 0) is 16.7 Å². The van der Waals surface area contributed by atoms with E-state index in [0.717, 1.165) is 0 Å². The molecular weight excluding hydrogens is 288 g/mol. The van der Waals surface area contributed by atoms with Crippen LogP contribution in [-0.4, -0.2) is 71.2 Å². The second-order valence-corrected chi connectivity index (χ2v) is 8.68. The first kappa shape index (κ1) is 23.3. The van der Waals surface area contributed by atoms with Gasteiger partial charge in [-0.3, -0.25) is 0 Å². The Morgan fingerprint density at radius 3 is 1.00 bits per heavy atom. The minimum absolute atomic E-state index is 0. The van der Waals surface area contributed by atoms with Crippen LogP contribution in [-0.2, 0) is 26.6 Å². The molecule has 9 heteroatoms. The Hall–Kier alpha value is 0.151. The van der Waals surface area contributed by atoms with Crippen molar-refractivity contribution < 1.29 is 26.6 Å². The first-order chi connectivity index (χ1) is 7.92. The fourth-order valence-corrected chi connectivity index (χ4v) is 2.25. The van der Waals surface area contributed by atoms with Crippen molar-refractivity contribution >= 4 is 28.6 Å². The van der Waals surface area contributed by atoms with Crippen molar-refractivity contribution in [3.05, 3.63) is 12.3 Å². The molecule has 0 fully saturated rings. The Kier molecular flexibility index (Phi) is 15.8. The van der Waals surface area contributed by atoms with Gasteiger partial charge in [-0.1, -0.05) is 6.58 Å². The third-order valence-electron chi connectivity index (χ3n) is 2.22. The lowest BCUT2D eigenvalue weighted by Gasteiger charge is -2.19. The summed E-state index contributed by atoms with van der Waals surface area (Å²) in [6.45, 7) is 5.36. The summed E-state index contributed by atoms with van der Waals surface area (Å²) in [5.74, 6) is 0. The van der Waals surface area contributed by atoms with E-state index in [1.54, 1.807) is 48.4 Å². The average molecular weight is 317 g/mol. The van der Waals surface area contributed by atoms with E-state index in [0.29, 0.717) is 0 Å². The van der Waals surface area contributed by atoms with Crippen LogP contribution in [0.4, 0.5) is 0 Å². The third kappa shape index (κ3) is 8.29. The Labute approximate surface area is 117 Å². The van der Waals surface area contributed by atoms with Crippen LogP contribution >= 0.6 is 0 Å². The summed E-state index contributed by atoms with van der Waals surface area (Å²) in [6.07, 6.45) is 0. The first-order valence-corrected chi connectivity index (χ1v) is 8.90. The maximum Gasteiger partial charge on any atom is 0.528 e. The SMILES string of the molecule is C=C[Si](OC)(OC)OC.CO[Si](C)(OC)OC.[SiH4]. The lowest BCUT2D eigenvalue weighted by atomic mass is 11.3. The molecule has 0 heterocycles. The highest BCUT2D eigenvalue weighted by molar-refractivity contribution is 6.66. The van der Waals surface area contributed by atoms with Crippen molar-refractivity contribution in [1.29, 1.82) is 0 Å². The van der Waals surface area contributed by atoms with Gasteiger partial charge in [0.15, 0.2) is 0 Å². The maximum atomic E-state index is 4.96. The molecule has 0 spiro atoms. The van der Waals surface area contributed by atoms with Gasteiger partial charge in [-0.2, -0.15) is 0 Å². The summed E-state index contributed by atoms with van der Waals surface area (Å²) in [7, 11) is 4.78. The predicted octanol–water partition coefficient (Wildman–Crippen LogP) is -0.368. The Balaban J connectivity index is -0.000000238. The minimum atomic E-state index is -2.43. The monoisotopic (exact) mass is 316 g/mol. The highest BCUT2D eigenvalue weighted by Crippen LogP contribution is 2.05. The van der Waals surface area contributed by atoms with E-state index in [9.17, 15) is 0 Å². The van der Waals surface area contributed by atoms with Crippen molar-refractivity contribution in [2.24, 2.45) is 0 Å². The molecule has 0 radical (unpaired) electrons. The predicted molar refractivity (Wildman–Crippen MR) is 81.0 cm³/mol. The first-order valence-electron chi connectivity index (χ1n) is 4.87. The van der Waals surface area contributed by atoms with Gasteiger partial charge in [0.2, 0.25) is 0 Å². The van der Waals surface area contributed by atoms with Crippen LogP contribution in [0, 0.1) is 0 Å². The minimum Gasteiger partial charge on any atom is -0.377 e. The standard InChI is InChI=1S/C5H12O3Si.C4H12O3Si.H4Si/c1-5-9(6-2,7-3)8-4;1-5-8(4,6-2)7-3;/h5H,1H2,2-4H3;1-4H3;1H4. The maximum absolute atomic E-state index is 4.96. The van der Waals surface area contributed by atoms with E-state index >= 15 is 0 Å². The van der Waals surface area contributed by atoms with E-state index in [4.69, 9.17) is 26.6 Å². The Bertz CT molecular complexity index is 180. The summed E-state index contributed by atoms with van der Waals surface area (Å²) in [5, 5.41) is 0. The molecule has 0 aromatic carbocycles. The molecule has 0 amide bonds. The second-order valence-electron chi connectivity index (χ2n) is 2.89. The van der Waals surface area contributed by atoms with Crippen molar-refractivity contribution in [3.63, 3.8) is 0 Å². The molecule has 0 saturated carbocycles. The fourth-order valence-electron chi connectivity index (χ4n) is 0.750. The fraction of sp³-hybridized carbons (Fsp3) is 0.778. The molecule has 0 aliphatic rings. The molecule has 6 nitrogen and oxygen atoms in total. The molecule has 0 N–H and O–H groups in total. The molecule has 0 rings (SSSR count). The quantitative estimate of drug-likeness (QED) is 0.598. The zero-order valence-corrected chi connectivity index (χ0v) is 13.7. The number of rotatable bonds is 7. The largest absolute Gasteiger partial charge is 0.528 e. The molecule has 0 saturated heterocycles. The molecule has 18 heavy (non-hydrogen) atoms. The number of hydrogen-bond donors (Lipinski definition) is 0. The van der Waals surface area contributed by atoms with Crippen LogP contribution in [0.15, 0.2) is 12.3 Å². The van der Waals surface area contributed by atoms with Crippen LogP contribution in [0.3, 0.4) is 0 Å². The van der Waals surface area contributed by atoms with Crippen LogP contribution in [0.2, 0.25) is 6.55 Å². The van der Waals surface area contributed by atoms with Crippen LogP contribution in [0.5, 0.6) is 0 Å². The van der Waals surface area contributed by atoms with Gasteiger partial charge in [0, 0.05) is 49.2 Å². The molecule has 0 aliphatic carbocycles. The highest BCUT2D eigenvalue weighted by atomic mass is 28.4. The van der Waals surface area contributed by atoms with E-state index in [1.807, 2.05) is 6.55 Å². The summed E-state index contributed by atoms with van der Waals surface area (Å²) < 4.78 is 29.7. The molecule has 0 bridgehead atoms. The molecule has 0 unspecified atom stereocenters. The zero-order chi connectivity index (χ0) is 13.9. The Morgan fingerprint density at radius 1 is 0.722 bits per heavy atom. The van der Waals surface area contributed by atoms with Crippen molar-refractivity contribution in [2.75, 3.05) is 42.7 Å². The third-order valence-corrected chi connectivity index (χ3v) is 6.65. The van der Waals surface area contributed by atoms with E-state index < -0.39 is 17.6 Å². The lowest BCUT2D eigenvalue weighted by molar-refractivity contribution is 0.132.